The summed E-state index contributed by atoms with van der Waals surface area (Å²) in [6.07, 6.45) is 1.93. The summed E-state index contributed by atoms with van der Waals surface area (Å²) >= 11 is 0. The standard InChI is InChI=1S/C14H17N3O.ClH/c1-2-10-3-5-12(6-4-10)14-16-13(18-17-14)7-11-8-15-9-11;/h3-6,11,15H,2,7-9H2,1H3;1H. The largest absolute Gasteiger partial charge is 0.339 e. The fourth-order valence-electron chi connectivity index (χ4n) is 2.08. The molecule has 2 aromatic rings. The van der Waals surface area contributed by atoms with Gasteiger partial charge in [0.15, 0.2) is 0 Å². The zero-order valence-corrected chi connectivity index (χ0v) is 11.7. The topological polar surface area (TPSA) is 51.0 Å². The molecule has 1 aromatic heterocycles. The van der Waals surface area contributed by atoms with Crippen LogP contribution >= 0.6 is 12.4 Å². The number of hydrogen-bond acceptors (Lipinski definition) is 4. The van der Waals surface area contributed by atoms with Crippen molar-refractivity contribution < 1.29 is 4.52 Å². The molecule has 1 aromatic carbocycles. The Morgan fingerprint density at radius 2 is 2.00 bits per heavy atom. The van der Waals surface area contributed by atoms with Crippen molar-refractivity contribution >= 4 is 12.4 Å². The molecule has 4 nitrogen and oxygen atoms in total. The smallest absolute Gasteiger partial charge is 0.227 e. The fraction of sp³-hybridized carbons (Fsp3) is 0.429. The number of rotatable bonds is 4. The minimum atomic E-state index is 0. The summed E-state index contributed by atoms with van der Waals surface area (Å²) in [5, 5.41) is 7.29. The molecule has 1 saturated heterocycles. The van der Waals surface area contributed by atoms with E-state index in [1.807, 2.05) is 0 Å². The second-order valence-corrected chi connectivity index (χ2v) is 4.79. The summed E-state index contributed by atoms with van der Waals surface area (Å²) in [6.45, 7) is 4.26. The van der Waals surface area contributed by atoms with Gasteiger partial charge in [0.2, 0.25) is 11.7 Å². The molecule has 1 fully saturated rings. The molecule has 3 rings (SSSR count). The van der Waals surface area contributed by atoms with Crippen molar-refractivity contribution in [3.8, 4) is 11.4 Å². The molecular weight excluding hydrogens is 262 g/mol. The predicted octanol–water partition coefficient (Wildman–Crippen LogP) is 2.48. The third kappa shape index (κ3) is 3.14. The van der Waals surface area contributed by atoms with Gasteiger partial charge in [-0.1, -0.05) is 36.3 Å². The van der Waals surface area contributed by atoms with Crippen LogP contribution in [0.5, 0.6) is 0 Å². The molecule has 19 heavy (non-hydrogen) atoms. The van der Waals surface area contributed by atoms with E-state index in [9.17, 15) is 0 Å². The zero-order valence-electron chi connectivity index (χ0n) is 10.9. The first kappa shape index (κ1) is 14.0. The molecule has 0 amide bonds. The first-order chi connectivity index (χ1) is 8.85. The van der Waals surface area contributed by atoms with Crippen molar-refractivity contribution in [1.82, 2.24) is 15.5 Å². The lowest BCUT2D eigenvalue weighted by Crippen LogP contribution is -2.43. The van der Waals surface area contributed by atoms with E-state index in [4.69, 9.17) is 4.52 Å². The lowest BCUT2D eigenvalue weighted by Gasteiger charge is -2.25. The van der Waals surface area contributed by atoms with E-state index in [0.29, 0.717) is 11.7 Å². The van der Waals surface area contributed by atoms with Crippen LogP contribution in [0.1, 0.15) is 18.4 Å². The van der Waals surface area contributed by atoms with E-state index in [-0.39, 0.29) is 12.4 Å². The third-order valence-corrected chi connectivity index (χ3v) is 3.42. The summed E-state index contributed by atoms with van der Waals surface area (Å²) in [6, 6.07) is 8.33. The lowest BCUT2D eigenvalue weighted by atomic mass is 10.00. The van der Waals surface area contributed by atoms with Crippen molar-refractivity contribution in [1.29, 1.82) is 0 Å². The molecule has 0 saturated carbocycles. The highest BCUT2D eigenvalue weighted by molar-refractivity contribution is 5.85. The van der Waals surface area contributed by atoms with Gasteiger partial charge in [0, 0.05) is 12.0 Å². The maximum atomic E-state index is 5.29. The number of halogens is 1. The quantitative estimate of drug-likeness (QED) is 0.934. The van der Waals surface area contributed by atoms with Crippen molar-refractivity contribution in [2.75, 3.05) is 13.1 Å². The van der Waals surface area contributed by atoms with Gasteiger partial charge in [-0.2, -0.15) is 4.98 Å². The molecule has 5 heteroatoms. The Kier molecular flexibility index (Phi) is 4.56. The van der Waals surface area contributed by atoms with E-state index < -0.39 is 0 Å². The van der Waals surface area contributed by atoms with Crippen LogP contribution in [0.2, 0.25) is 0 Å². The maximum absolute atomic E-state index is 5.29. The Labute approximate surface area is 119 Å². The molecule has 1 N–H and O–H groups in total. The van der Waals surface area contributed by atoms with Crippen molar-refractivity contribution in [2.45, 2.75) is 19.8 Å². The second-order valence-electron chi connectivity index (χ2n) is 4.79. The number of benzene rings is 1. The van der Waals surface area contributed by atoms with Gasteiger partial charge in [-0.15, -0.1) is 12.4 Å². The van der Waals surface area contributed by atoms with Gasteiger partial charge >= 0.3 is 0 Å². The Morgan fingerprint density at radius 3 is 2.58 bits per heavy atom. The Morgan fingerprint density at radius 1 is 1.26 bits per heavy atom. The minimum absolute atomic E-state index is 0. The number of aromatic nitrogens is 2. The van der Waals surface area contributed by atoms with Crippen LogP contribution < -0.4 is 5.32 Å². The van der Waals surface area contributed by atoms with Gasteiger partial charge in [0.05, 0.1) is 0 Å². The molecule has 1 aliphatic heterocycles. The molecular formula is C14H18ClN3O. The SMILES string of the molecule is CCc1ccc(-c2noc(CC3CNC3)n2)cc1.Cl. The summed E-state index contributed by atoms with van der Waals surface area (Å²) in [5.74, 6) is 2.09. The van der Waals surface area contributed by atoms with Crippen LogP contribution in [0.25, 0.3) is 11.4 Å². The average molecular weight is 280 g/mol. The van der Waals surface area contributed by atoms with Gasteiger partial charge in [0.1, 0.15) is 0 Å². The number of nitrogens with zero attached hydrogens (tertiary/aromatic N) is 2. The third-order valence-electron chi connectivity index (χ3n) is 3.42. The lowest BCUT2D eigenvalue weighted by molar-refractivity contribution is 0.296. The molecule has 0 atom stereocenters. The highest BCUT2D eigenvalue weighted by Gasteiger charge is 2.20. The van der Waals surface area contributed by atoms with Gasteiger partial charge < -0.3 is 9.84 Å². The zero-order chi connectivity index (χ0) is 12.4. The van der Waals surface area contributed by atoms with E-state index in [1.165, 1.54) is 5.56 Å². The highest BCUT2D eigenvalue weighted by Crippen LogP contribution is 2.18. The molecule has 0 spiro atoms. The fourth-order valence-corrected chi connectivity index (χ4v) is 2.08. The van der Waals surface area contributed by atoms with Gasteiger partial charge in [-0.05, 0) is 31.0 Å². The summed E-state index contributed by atoms with van der Waals surface area (Å²) in [7, 11) is 0. The van der Waals surface area contributed by atoms with E-state index in [0.717, 1.165) is 37.4 Å². The van der Waals surface area contributed by atoms with E-state index in [1.54, 1.807) is 0 Å². The maximum Gasteiger partial charge on any atom is 0.227 e. The van der Waals surface area contributed by atoms with Crippen LogP contribution in [-0.4, -0.2) is 23.2 Å². The highest BCUT2D eigenvalue weighted by atomic mass is 35.5. The molecule has 1 aliphatic rings. The van der Waals surface area contributed by atoms with E-state index >= 15 is 0 Å². The summed E-state index contributed by atoms with van der Waals surface area (Å²) < 4.78 is 5.29. The van der Waals surface area contributed by atoms with Crippen LogP contribution in [0.4, 0.5) is 0 Å². The average Bonchev–Trinajstić information content (AvgIpc) is 2.83. The molecule has 2 heterocycles. The molecule has 0 aliphatic carbocycles. The normalized spacial score (nSPS) is 14.8. The number of hydrogen-bond donors (Lipinski definition) is 1. The summed E-state index contributed by atoms with van der Waals surface area (Å²) in [5.41, 5.74) is 2.34. The van der Waals surface area contributed by atoms with E-state index in [2.05, 4.69) is 46.6 Å². The van der Waals surface area contributed by atoms with Crippen LogP contribution in [0.15, 0.2) is 28.8 Å². The van der Waals surface area contributed by atoms with Crippen molar-refractivity contribution in [3.63, 3.8) is 0 Å². The first-order valence-electron chi connectivity index (χ1n) is 6.47. The molecule has 0 radical (unpaired) electrons. The number of nitrogens with one attached hydrogen (secondary N) is 1. The molecule has 102 valence electrons. The van der Waals surface area contributed by atoms with Gasteiger partial charge in [-0.25, -0.2) is 0 Å². The van der Waals surface area contributed by atoms with Crippen molar-refractivity contribution in [2.24, 2.45) is 5.92 Å². The molecule has 0 bridgehead atoms. The Bertz CT molecular complexity index is 520. The number of aryl methyl sites for hydroxylation is 1. The van der Waals surface area contributed by atoms with Crippen LogP contribution in [0, 0.1) is 5.92 Å². The Balaban J connectivity index is 0.00000133. The second kappa shape index (κ2) is 6.17. The van der Waals surface area contributed by atoms with Crippen LogP contribution in [-0.2, 0) is 12.8 Å². The predicted molar refractivity (Wildman–Crippen MR) is 76.4 cm³/mol. The first-order valence-corrected chi connectivity index (χ1v) is 6.47. The van der Waals surface area contributed by atoms with Crippen LogP contribution in [0.3, 0.4) is 0 Å². The van der Waals surface area contributed by atoms with Gasteiger partial charge in [0.25, 0.3) is 0 Å². The monoisotopic (exact) mass is 279 g/mol. The molecule has 0 unspecified atom stereocenters. The van der Waals surface area contributed by atoms with Gasteiger partial charge in [-0.3, -0.25) is 0 Å². The minimum Gasteiger partial charge on any atom is -0.339 e. The van der Waals surface area contributed by atoms with Crippen molar-refractivity contribution in [3.05, 3.63) is 35.7 Å². The summed E-state index contributed by atoms with van der Waals surface area (Å²) in [4.78, 5) is 4.45. The Hall–Kier alpha value is -1.39.